The van der Waals surface area contributed by atoms with Gasteiger partial charge in [-0.3, -0.25) is 14.2 Å². The molecule has 6 N–H and O–H groups in total. The van der Waals surface area contributed by atoms with Crippen LogP contribution in [0, 0.1) is 22.4 Å². The summed E-state index contributed by atoms with van der Waals surface area (Å²) in [5, 5.41) is 14.8. The molecular weight excluding hydrogens is 843 g/mol. The number of nitrogens with two attached hydrogens (primary N) is 1. The quantitative estimate of drug-likeness (QED) is 0.0168. The molecule has 313 valence electrons. The number of hydrogen-bond acceptors (Lipinski definition) is 16. The first-order valence-corrected chi connectivity index (χ1v) is 25.0. The molecule has 56 heavy (non-hydrogen) atoms. The Morgan fingerprint density at radius 3 is 2.61 bits per heavy atom. The number of carbonyl (C=O) groups is 2. The number of amides is 2. The van der Waals surface area contributed by atoms with E-state index in [0.29, 0.717) is 36.6 Å². The van der Waals surface area contributed by atoms with Gasteiger partial charge in [0, 0.05) is 35.2 Å². The maximum absolute atomic E-state index is 12.4. The van der Waals surface area contributed by atoms with Crippen LogP contribution < -0.4 is 21.1 Å². The summed E-state index contributed by atoms with van der Waals surface area (Å²) >= 11 is 1.07. The number of thioether (sulfide) groups is 1. The van der Waals surface area contributed by atoms with Gasteiger partial charge in [0.15, 0.2) is 5.34 Å². The summed E-state index contributed by atoms with van der Waals surface area (Å²) in [6, 6.07) is 6.41. The Balaban J connectivity index is 1.81. The first-order chi connectivity index (χ1) is 26.5. The van der Waals surface area contributed by atoms with Gasteiger partial charge in [0.2, 0.25) is 5.91 Å². The van der Waals surface area contributed by atoms with E-state index < -0.39 is 31.1 Å². The number of hydrogen-bond donors (Lipinski definition) is 5. The molecule has 1 aromatic rings. The van der Waals surface area contributed by atoms with Crippen LogP contribution in [0.15, 0.2) is 24.3 Å². The second-order valence-corrected chi connectivity index (χ2v) is 22.1. The van der Waals surface area contributed by atoms with Crippen LogP contribution in [0.2, 0.25) is 0 Å². The molecule has 2 rings (SSSR count). The molecule has 1 heterocycles. The number of carbonyl (C=O) groups excluding carboxylic acids is 2. The van der Waals surface area contributed by atoms with Crippen molar-refractivity contribution in [2.75, 3.05) is 64.7 Å². The SMILES string of the molecule is CSS[C@H](CSC#N)O[C@@H]1C[C@H]([B]C#CCNC(=O)COCCOC(COc2cccc(C(=O)NCCN)c2)SSC(C)(C)C)OC1COC(C)(C)P(=O)(O)O. The Morgan fingerprint density at radius 2 is 1.93 bits per heavy atom. The maximum atomic E-state index is 12.4. The Hall–Kier alpha value is -1.27. The van der Waals surface area contributed by atoms with Gasteiger partial charge in [-0.05, 0) is 56.5 Å². The highest BCUT2D eigenvalue weighted by Crippen LogP contribution is 2.51. The van der Waals surface area contributed by atoms with Crippen molar-refractivity contribution in [2.45, 2.75) is 80.2 Å². The summed E-state index contributed by atoms with van der Waals surface area (Å²) in [6.07, 6.45) is 1.19. The number of nitrogens with zero attached hydrogens (tertiary/aromatic N) is 1. The standard InChI is InChI=1S/C34H53BN4O11PS5/c1-33(2,3)56-55-30(21-47-25-10-7-9-24(17-25)32(41)39-14-12-36)46-16-15-45-20-29(40)38-13-8-11-35-28-18-26(50-31(54-52-6)22-53-23-37)27(49-28)19-48-34(4,5)51(42,43)44/h7,9-10,17,26-28,30-31H,12-16,18-22,36H2,1-6H3,(H,38,40)(H,39,41)(H2,42,43,44)/t26-,27?,28-,30?,31-/m1/s1. The monoisotopic (exact) mass is 895 g/mol. The minimum absolute atomic E-state index is 0.0247. The van der Waals surface area contributed by atoms with Crippen LogP contribution in [-0.4, -0.2) is 133 Å². The fourth-order valence-electron chi connectivity index (χ4n) is 4.29. The summed E-state index contributed by atoms with van der Waals surface area (Å²) in [5.41, 5.74) is 5.27. The lowest BCUT2D eigenvalue weighted by Crippen LogP contribution is -2.36. The lowest BCUT2D eigenvalue weighted by atomic mass is 9.71. The van der Waals surface area contributed by atoms with Crippen molar-refractivity contribution in [3.8, 4) is 22.9 Å². The van der Waals surface area contributed by atoms with Crippen LogP contribution in [-0.2, 0) is 33.0 Å². The summed E-state index contributed by atoms with van der Waals surface area (Å²) in [5.74, 6) is 6.12. The lowest BCUT2D eigenvalue weighted by Gasteiger charge is -2.29. The summed E-state index contributed by atoms with van der Waals surface area (Å²) in [7, 11) is 3.23. The van der Waals surface area contributed by atoms with E-state index >= 15 is 0 Å². The minimum Gasteiger partial charge on any atom is -0.490 e. The fraction of sp³-hybridized carbons (Fsp3) is 0.676. The van der Waals surface area contributed by atoms with Gasteiger partial charge in [0.05, 0.1) is 32.5 Å². The van der Waals surface area contributed by atoms with E-state index in [1.54, 1.807) is 42.3 Å². The molecule has 1 fully saturated rings. The van der Waals surface area contributed by atoms with Gasteiger partial charge in [0.1, 0.15) is 41.3 Å². The maximum Gasteiger partial charge on any atom is 0.356 e. The van der Waals surface area contributed by atoms with E-state index in [-0.39, 0.29) is 67.0 Å². The number of thiocyanates is 1. The van der Waals surface area contributed by atoms with Crippen LogP contribution in [0.5, 0.6) is 5.75 Å². The van der Waals surface area contributed by atoms with Crippen LogP contribution in [0.4, 0.5) is 0 Å². The fourth-order valence-corrected chi connectivity index (χ4v) is 9.13. The molecule has 0 spiro atoms. The third-order valence-corrected chi connectivity index (χ3v) is 14.9. The highest BCUT2D eigenvalue weighted by Gasteiger charge is 2.43. The van der Waals surface area contributed by atoms with Crippen LogP contribution in [0.25, 0.3) is 0 Å². The molecule has 2 amide bonds. The number of benzene rings is 1. The van der Waals surface area contributed by atoms with Crippen molar-refractivity contribution >= 4 is 81.6 Å². The topological polar surface area (TPSA) is 221 Å². The Morgan fingerprint density at radius 1 is 1.16 bits per heavy atom. The molecule has 0 aliphatic carbocycles. The third-order valence-electron chi connectivity index (χ3n) is 7.17. The molecule has 1 radical (unpaired) electrons. The predicted octanol–water partition coefficient (Wildman–Crippen LogP) is 4.06. The highest BCUT2D eigenvalue weighted by molar-refractivity contribution is 8.77. The second kappa shape index (κ2) is 26.8. The van der Waals surface area contributed by atoms with E-state index in [4.69, 9.17) is 39.4 Å². The summed E-state index contributed by atoms with van der Waals surface area (Å²) in [6.45, 7) is 10.0. The van der Waals surface area contributed by atoms with Crippen LogP contribution in [0.1, 0.15) is 51.4 Å². The lowest BCUT2D eigenvalue weighted by molar-refractivity contribution is -0.126. The molecule has 5 atom stereocenters. The Labute approximate surface area is 351 Å². The van der Waals surface area contributed by atoms with E-state index in [1.807, 2.05) is 11.7 Å². The molecule has 1 aliphatic heterocycles. The van der Waals surface area contributed by atoms with Crippen molar-refractivity contribution in [1.29, 1.82) is 5.26 Å². The molecular formula is C34H53BN4O11PS5. The Bertz CT molecular complexity index is 1510. The van der Waals surface area contributed by atoms with Gasteiger partial charge in [0.25, 0.3) is 13.2 Å². The molecule has 22 heteroatoms. The van der Waals surface area contributed by atoms with E-state index in [1.165, 1.54) is 46.2 Å². The zero-order chi connectivity index (χ0) is 41.6. The highest BCUT2D eigenvalue weighted by atomic mass is 33.1. The number of nitriles is 1. The van der Waals surface area contributed by atoms with E-state index in [9.17, 15) is 23.9 Å². The van der Waals surface area contributed by atoms with Gasteiger partial charge < -0.3 is 54.6 Å². The van der Waals surface area contributed by atoms with E-state index in [2.05, 4.69) is 43.1 Å². The number of rotatable bonds is 26. The van der Waals surface area contributed by atoms with Crippen molar-refractivity contribution in [3.63, 3.8) is 0 Å². The summed E-state index contributed by atoms with van der Waals surface area (Å²) < 4.78 is 47.3. The van der Waals surface area contributed by atoms with Gasteiger partial charge >= 0.3 is 7.60 Å². The van der Waals surface area contributed by atoms with E-state index in [0.717, 1.165) is 11.8 Å². The third kappa shape index (κ3) is 21.1. The predicted molar refractivity (Wildman–Crippen MR) is 229 cm³/mol. The molecule has 0 bridgehead atoms. The number of nitrogens with one attached hydrogen (secondary N) is 2. The van der Waals surface area contributed by atoms with Crippen molar-refractivity contribution in [3.05, 3.63) is 29.8 Å². The average molecular weight is 896 g/mol. The van der Waals surface area contributed by atoms with Gasteiger partial charge in [-0.15, -0.1) is 0 Å². The van der Waals surface area contributed by atoms with Crippen molar-refractivity contribution in [1.82, 2.24) is 10.6 Å². The molecule has 1 aromatic carbocycles. The smallest absolute Gasteiger partial charge is 0.356 e. The molecule has 15 nitrogen and oxygen atoms in total. The van der Waals surface area contributed by atoms with Crippen molar-refractivity contribution < 1.29 is 52.4 Å². The normalized spacial score (nSPS) is 18.2. The molecule has 1 aliphatic rings. The van der Waals surface area contributed by atoms with Crippen LogP contribution in [0.3, 0.4) is 0 Å². The van der Waals surface area contributed by atoms with Gasteiger partial charge in [-0.25, -0.2) is 0 Å². The first-order valence-electron chi connectivity index (χ1n) is 17.5. The second-order valence-electron chi connectivity index (χ2n) is 13.3. The largest absolute Gasteiger partial charge is 0.490 e. The molecule has 2 unspecified atom stereocenters. The molecule has 0 saturated carbocycles. The molecule has 0 aromatic heterocycles. The van der Waals surface area contributed by atoms with Crippen molar-refractivity contribution in [2.24, 2.45) is 5.73 Å². The first kappa shape index (κ1) is 50.9. The van der Waals surface area contributed by atoms with Gasteiger partial charge in [-0.1, -0.05) is 75.9 Å². The molecule has 1 saturated heterocycles. The summed E-state index contributed by atoms with van der Waals surface area (Å²) in [4.78, 5) is 44.0. The average Bonchev–Trinajstić information content (AvgIpc) is 3.52. The van der Waals surface area contributed by atoms with Crippen LogP contribution >= 0.6 is 62.5 Å². The Kier molecular flexibility index (Phi) is 24.3. The zero-order valence-electron chi connectivity index (χ0n) is 32.4. The zero-order valence-corrected chi connectivity index (χ0v) is 37.4. The minimum atomic E-state index is -4.55. The van der Waals surface area contributed by atoms with Gasteiger partial charge in [-0.2, -0.15) is 11.1 Å². The number of ether oxygens (including phenoxy) is 6.